The van der Waals surface area contributed by atoms with Crippen molar-refractivity contribution in [2.24, 2.45) is 0 Å². The van der Waals surface area contributed by atoms with Crippen LogP contribution >= 0.6 is 0 Å². The molecular weight excluding hydrogens is 709 g/mol. The van der Waals surface area contributed by atoms with Gasteiger partial charge in [-0.25, -0.2) is 15.0 Å². The Morgan fingerprint density at radius 2 is 0.741 bits per heavy atom. The van der Waals surface area contributed by atoms with E-state index in [4.69, 9.17) is 19.9 Å². The summed E-state index contributed by atoms with van der Waals surface area (Å²) in [6, 6.07) is 57.2. The van der Waals surface area contributed by atoms with Crippen molar-refractivity contribution in [1.29, 1.82) is 0 Å². The number of pyridine rings is 6. The number of benzene rings is 6. The van der Waals surface area contributed by atoms with Gasteiger partial charge in [0, 0.05) is 67.6 Å². The fourth-order valence-electron chi connectivity index (χ4n) is 8.49. The average Bonchev–Trinajstić information content (AvgIpc) is 3.30. The molecule has 0 saturated heterocycles. The Morgan fingerprint density at radius 3 is 1.36 bits per heavy atom. The normalized spacial score (nSPS) is 11.8. The van der Waals surface area contributed by atoms with Crippen LogP contribution in [0, 0.1) is 0 Å². The molecule has 6 heteroatoms. The minimum absolute atomic E-state index is 0.881. The summed E-state index contributed by atoms with van der Waals surface area (Å²) in [4.78, 5) is 29.7. The zero-order valence-corrected chi connectivity index (χ0v) is 31.0. The van der Waals surface area contributed by atoms with Gasteiger partial charge in [-0.2, -0.15) is 0 Å². The molecule has 0 unspecified atom stereocenters. The van der Waals surface area contributed by atoms with Crippen LogP contribution in [0.3, 0.4) is 0 Å². The summed E-state index contributed by atoms with van der Waals surface area (Å²) < 4.78 is 0. The quantitative estimate of drug-likeness (QED) is 0.167. The van der Waals surface area contributed by atoms with E-state index < -0.39 is 0 Å². The highest BCUT2D eigenvalue weighted by Crippen LogP contribution is 2.37. The van der Waals surface area contributed by atoms with Crippen LogP contribution in [-0.4, -0.2) is 29.9 Å². The molecule has 0 saturated carbocycles. The summed E-state index contributed by atoms with van der Waals surface area (Å²) >= 11 is 0. The molecule has 0 aliphatic rings. The van der Waals surface area contributed by atoms with Gasteiger partial charge in [0.2, 0.25) is 0 Å². The van der Waals surface area contributed by atoms with Gasteiger partial charge in [0.1, 0.15) is 0 Å². The van der Waals surface area contributed by atoms with Gasteiger partial charge in [0.25, 0.3) is 0 Å². The zero-order valence-electron chi connectivity index (χ0n) is 31.0. The number of hydrogen-bond acceptors (Lipinski definition) is 6. The van der Waals surface area contributed by atoms with E-state index in [1.54, 1.807) is 0 Å². The third kappa shape index (κ3) is 5.20. The van der Waals surface area contributed by atoms with Gasteiger partial charge in [-0.05, 0) is 70.4 Å². The number of fused-ring (bicyclic) bond motifs is 9. The Morgan fingerprint density at radius 1 is 0.276 bits per heavy atom. The Bertz CT molecular complexity index is 3650. The summed E-state index contributed by atoms with van der Waals surface area (Å²) in [7, 11) is 0. The fourth-order valence-corrected chi connectivity index (χ4v) is 8.49. The molecule has 0 bridgehead atoms. The van der Waals surface area contributed by atoms with E-state index in [1.807, 2.05) is 36.8 Å². The van der Waals surface area contributed by atoms with Crippen LogP contribution in [0.1, 0.15) is 0 Å². The van der Waals surface area contributed by atoms with Gasteiger partial charge in [-0.1, -0.05) is 115 Å². The van der Waals surface area contributed by atoms with Crippen LogP contribution in [0.15, 0.2) is 182 Å². The van der Waals surface area contributed by atoms with Gasteiger partial charge in [-0.15, -0.1) is 0 Å². The molecule has 268 valence electrons. The number of hydrogen-bond donors (Lipinski definition) is 0. The fraction of sp³-hybridized carbons (Fsp3) is 0. The standard InChI is InChI=1S/C52H30N6/c1-2-8-39-38(7-1)40(20-21-41(39)46-24-18-35-12-11-33-5-3-26-53-49(33)51(35)58-46)44-22-16-31-9-13-36(29-47(31)56-44)37-14-10-32-17-23-45(57-48(32)30-37)42-25-28-55-52-43(42)19-15-34-6-4-27-54-50(34)52/h1-30H. The smallest absolute Gasteiger partial charge is 0.0972 e. The Kier molecular flexibility index (Phi) is 7.13. The van der Waals surface area contributed by atoms with Crippen LogP contribution in [0.25, 0.3) is 121 Å². The molecule has 0 aliphatic heterocycles. The molecule has 12 rings (SSSR count). The van der Waals surface area contributed by atoms with Crippen LogP contribution in [0.4, 0.5) is 0 Å². The van der Waals surface area contributed by atoms with Crippen molar-refractivity contribution in [3.05, 3.63) is 182 Å². The van der Waals surface area contributed by atoms with E-state index in [0.29, 0.717) is 0 Å². The lowest BCUT2D eigenvalue weighted by atomic mass is 9.95. The molecule has 58 heavy (non-hydrogen) atoms. The van der Waals surface area contributed by atoms with Crippen molar-refractivity contribution in [2.75, 3.05) is 0 Å². The first-order chi connectivity index (χ1) is 28.7. The van der Waals surface area contributed by atoms with Gasteiger partial charge in [0.05, 0.1) is 50.2 Å². The molecule has 0 aliphatic carbocycles. The van der Waals surface area contributed by atoms with Gasteiger partial charge in [0.15, 0.2) is 0 Å². The summed E-state index contributed by atoms with van der Waals surface area (Å²) in [5, 5.41) is 8.69. The molecule has 6 aromatic carbocycles. The molecule has 0 fully saturated rings. The maximum atomic E-state index is 5.28. The van der Waals surface area contributed by atoms with Crippen molar-refractivity contribution in [1.82, 2.24) is 29.9 Å². The SMILES string of the molecule is c1cnc2c(c1)ccc1ccc(-c3ccc(-c4ccc5ccc(-c6ccc7ccc(-c8ccnc9c8ccc8cccnc89)nc7c6)cc5n4)c4ccccc34)nc12. The van der Waals surface area contributed by atoms with Gasteiger partial charge < -0.3 is 0 Å². The lowest BCUT2D eigenvalue weighted by Crippen LogP contribution is -1.92. The number of nitrogens with zero attached hydrogens (tertiary/aromatic N) is 6. The second-order valence-corrected chi connectivity index (χ2v) is 14.7. The molecule has 6 heterocycles. The number of aromatic nitrogens is 6. The van der Waals surface area contributed by atoms with E-state index in [1.165, 1.54) is 0 Å². The predicted octanol–water partition coefficient (Wildman–Crippen LogP) is 12.8. The maximum absolute atomic E-state index is 5.28. The molecule has 6 nitrogen and oxygen atoms in total. The van der Waals surface area contributed by atoms with Crippen LogP contribution in [0.2, 0.25) is 0 Å². The molecule has 0 N–H and O–H groups in total. The second kappa shape index (κ2) is 12.8. The second-order valence-electron chi connectivity index (χ2n) is 14.7. The first kappa shape index (κ1) is 32.3. The molecule has 0 atom stereocenters. The Balaban J connectivity index is 0.925. The van der Waals surface area contributed by atoms with E-state index in [0.717, 1.165) is 121 Å². The minimum atomic E-state index is 0.881. The predicted molar refractivity (Wildman–Crippen MR) is 237 cm³/mol. The summed E-state index contributed by atoms with van der Waals surface area (Å²) in [5.41, 5.74) is 13.6. The summed E-state index contributed by atoms with van der Waals surface area (Å²) in [6.45, 7) is 0. The highest BCUT2D eigenvalue weighted by molar-refractivity contribution is 6.09. The van der Waals surface area contributed by atoms with Crippen molar-refractivity contribution in [3.8, 4) is 44.9 Å². The third-order valence-electron chi connectivity index (χ3n) is 11.4. The maximum Gasteiger partial charge on any atom is 0.0972 e. The van der Waals surface area contributed by atoms with Crippen LogP contribution < -0.4 is 0 Å². The highest BCUT2D eigenvalue weighted by Gasteiger charge is 2.15. The summed E-state index contributed by atoms with van der Waals surface area (Å²) in [5.74, 6) is 0. The van der Waals surface area contributed by atoms with Crippen molar-refractivity contribution < 1.29 is 0 Å². The molecule has 12 aromatic rings. The topological polar surface area (TPSA) is 77.3 Å². The minimum Gasteiger partial charge on any atom is -0.254 e. The van der Waals surface area contributed by atoms with E-state index in [2.05, 4.69) is 156 Å². The first-order valence-electron chi connectivity index (χ1n) is 19.3. The van der Waals surface area contributed by atoms with Crippen molar-refractivity contribution in [2.45, 2.75) is 0 Å². The highest BCUT2D eigenvalue weighted by atomic mass is 14.8. The average molecular weight is 739 g/mol. The Labute approximate surface area is 332 Å². The molecule has 0 spiro atoms. The largest absolute Gasteiger partial charge is 0.254 e. The van der Waals surface area contributed by atoms with Crippen molar-refractivity contribution in [3.63, 3.8) is 0 Å². The van der Waals surface area contributed by atoms with Crippen molar-refractivity contribution >= 4 is 76.2 Å². The lowest BCUT2D eigenvalue weighted by molar-refractivity contribution is 1.36. The van der Waals surface area contributed by atoms with E-state index >= 15 is 0 Å². The molecule has 6 aromatic heterocycles. The third-order valence-corrected chi connectivity index (χ3v) is 11.4. The van der Waals surface area contributed by atoms with Gasteiger partial charge >= 0.3 is 0 Å². The Hall–Kier alpha value is -7.96. The van der Waals surface area contributed by atoms with Crippen LogP contribution in [0.5, 0.6) is 0 Å². The van der Waals surface area contributed by atoms with E-state index in [9.17, 15) is 0 Å². The number of rotatable bonds is 4. The van der Waals surface area contributed by atoms with Crippen LogP contribution in [-0.2, 0) is 0 Å². The van der Waals surface area contributed by atoms with E-state index in [-0.39, 0.29) is 0 Å². The molecule has 0 radical (unpaired) electrons. The lowest BCUT2D eigenvalue weighted by Gasteiger charge is -2.13. The summed E-state index contributed by atoms with van der Waals surface area (Å²) in [6.07, 6.45) is 5.50. The molecule has 0 amide bonds. The monoisotopic (exact) mass is 738 g/mol. The van der Waals surface area contributed by atoms with Gasteiger partial charge in [-0.3, -0.25) is 15.0 Å². The zero-order chi connectivity index (χ0) is 38.2. The first-order valence-corrected chi connectivity index (χ1v) is 19.3. The molecular formula is C52H30N6.